The highest BCUT2D eigenvalue weighted by atomic mass is 16.4. The van der Waals surface area contributed by atoms with E-state index in [2.05, 4.69) is 6.07 Å². The van der Waals surface area contributed by atoms with Crippen molar-refractivity contribution in [2.45, 2.75) is 13.8 Å². The van der Waals surface area contributed by atoms with Crippen LogP contribution in [0, 0.1) is 17.2 Å². The summed E-state index contributed by atoms with van der Waals surface area (Å²) < 4.78 is 0. The maximum Gasteiger partial charge on any atom is 0.337 e. The Morgan fingerprint density at radius 2 is 2.28 bits per heavy atom. The maximum atomic E-state index is 11.2. The van der Waals surface area contributed by atoms with E-state index in [1.165, 1.54) is 6.07 Å². The monoisotopic (exact) mass is 247 g/mol. The number of carboxylic acids is 1. The number of rotatable bonds is 5. The Hall–Kier alpha value is -2.22. The standard InChI is InChI=1S/C13H17N3O2/c1-3-16(8-9(2)7-14)12-5-4-10(15)6-11(12)13(17)18/h4-6,9H,3,8,15H2,1-2H3,(H,17,18). The molecule has 96 valence electrons. The van der Waals surface area contributed by atoms with Gasteiger partial charge in [0.2, 0.25) is 0 Å². The van der Waals surface area contributed by atoms with Crippen molar-refractivity contribution in [1.29, 1.82) is 5.26 Å². The molecule has 3 N–H and O–H groups in total. The van der Waals surface area contributed by atoms with E-state index in [1.54, 1.807) is 19.1 Å². The van der Waals surface area contributed by atoms with Gasteiger partial charge in [-0.25, -0.2) is 4.79 Å². The first kappa shape index (κ1) is 13.8. The number of nitrogen functional groups attached to an aromatic ring is 1. The zero-order valence-corrected chi connectivity index (χ0v) is 10.6. The lowest BCUT2D eigenvalue weighted by Gasteiger charge is -2.25. The van der Waals surface area contributed by atoms with E-state index >= 15 is 0 Å². The Morgan fingerprint density at radius 1 is 1.61 bits per heavy atom. The summed E-state index contributed by atoms with van der Waals surface area (Å²) in [4.78, 5) is 13.1. The van der Waals surface area contributed by atoms with E-state index in [-0.39, 0.29) is 11.5 Å². The molecule has 0 aromatic heterocycles. The third kappa shape index (κ3) is 3.14. The van der Waals surface area contributed by atoms with Crippen LogP contribution in [0.5, 0.6) is 0 Å². The van der Waals surface area contributed by atoms with Gasteiger partial charge >= 0.3 is 5.97 Å². The summed E-state index contributed by atoms with van der Waals surface area (Å²) in [5.41, 5.74) is 6.78. The summed E-state index contributed by atoms with van der Waals surface area (Å²) in [7, 11) is 0. The smallest absolute Gasteiger partial charge is 0.337 e. The third-order valence-electron chi connectivity index (χ3n) is 2.69. The second-order valence-electron chi connectivity index (χ2n) is 4.15. The van der Waals surface area contributed by atoms with Gasteiger partial charge in [0.15, 0.2) is 0 Å². The Labute approximate surface area is 106 Å². The van der Waals surface area contributed by atoms with Crippen molar-refractivity contribution in [2.24, 2.45) is 5.92 Å². The highest BCUT2D eigenvalue weighted by Crippen LogP contribution is 2.24. The van der Waals surface area contributed by atoms with Crippen LogP contribution in [0.3, 0.4) is 0 Å². The minimum absolute atomic E-state index is 0.163. The minimum Gasteiger partial charge on any atom is -0.478 e. The fraction of sp³-hybridized carbons (Fsp3) is 0.385. The van der Waals surface area contributed by atoms with Crippen LogP contribution in [0.2, 0.25) is 0 Å². The van der Waals surface area contributed by atoms with Crippen LogP contribution in [-0.2, 0) is 0 Å². The zero-order valence-electron chi connectivity index (χ0n) is 10.6. The van der Waals surface area contributed by atoms with E-state index in [4.69, 9.17) is 11.0 Å². The summed E-state index contributed by atoms with van der Waals surface area (Å²) in [5, 5.41) is 18.0. The van der Waals surface area contributed by atoms with Crippen LogP contribution in [0.1, 0.15) is 24.2 Å². The second-order valence-corrected chi connectivity index (χ2v) is 4.15. The molecular formula is C13H17N3O2. The van der Waals surface area contributed by atoms with Gasteiger partial charge in [-0.05, 0) is 32.0 Å². The number of carbonyl (C=O) groups is 1. The molecule has 5 heteroatoms. The molecule has 1 aromatic rings. The lowest BCUT2D eigenvalue weighted by atomic mass is 10.1. The number of benzene rings is 1. The van der Waals surface area contributed by atoms with Crippen LogP contribution in [0.4, 0.5) is 11.4 Å². The predicted molar refractivity (Wildman–Crippen MR) is 70.5 cm³/mol. The molecule has 0 spiro atoms. The molecule has 1 atom stereocenters. The lowest BCUT2D eigenvalue weighted by Crippen LogP contribution is -2.29. The van der Waals surface area contributed by atoms with Crippen LogP contribution in [0.15, 0.2) is 18.2 Å². The lowest BCUT2D eigenvalue weighted by molar-refractivity contribution is 0.0697. The van der Waals surface area contributed by atoms with E-state index in [0.29, 0.717) is 24.5 Å². The molecule has 18 heavy (non-hydrogen) atoms. The van der Waals surface area contributed by atoms with Crippen molar-refractivity contribution in [3.8, 4) is 6.07 Å². The highest BCUT2D eigenvalue weighted by Gasteiger charge is 2.17. The molecule has 0 amide bonds. The summed E-state index contributed by atoms with van der Waals surface area (Å²) in [6, 6.07) is 6.94. The SMILES string of the molecule is CCN(CC(C)C#N)c1ccc(N)cc1C(=O)O. The fourth-order valence-electron chi connectivity index (χ4n) is 1.77. The van der Waals surface area contributed by atoms with Gasteiger partial charge in [-0.2, -0.15) is 5.26 Å². The molecule has 0 aliphatic carbocycles. The normalized spacial score (nSPS) is 11.6. The molecule has 1 rings (SSSR count). The first-order valence-electron chi connectivity index (χ1n) is 5.77. The van der Waals surface area contributed by atoms with Crippen LogP contribution < -0.4 is 10.6 Å². The molecule has 0 radical (unpaired) electrons. The average molecular weight is 247 g/mol. The van der Waals surface area contributed by atoms with Crippen LogP contribution in [0.25, 0.3) is 0 Å². The zero-order chi connectivity index (χ0) is 13.7. The number of nitriles is 1. The molecule has 0 fully saturated rings. The Morgan fingerprint density at radius 3 is 2.78 bits per heavy atom. The average Bonchev–Trinajstić information content (AvgIpc) is 2.35. The molecule has 0 heterocycles. The van der Waals surface area contributed by atoms with Crippen molar-refractivity contribution in [3.05, 3.63) is 23.8 Å². The molecule has 0 aliphatic rings. The number of hydrogen-bond acceptors (Lipinski definition) is 4. The molecular weight excluding hydrogens is 230 g/mol. The summed E-state index contributed by atoms with van der Waals surface area (Å²) in [6.07, 6.45) is 0. The van der Waals surface area contributed by atoms with E-state index < -0.39 is 5.97 Å². The topological polar surface area (TPSA) is 90.4 Å². The Bertz CT molecular complexity index is 480. The molecule has 5 nitrogen and oxygen atoms in total. The first-order valence-corrected chi connectivity index (χ1v) is 5.77. The summed E-state index contributed by atoms with van der Waals surface area (Å²) in [5.74, 6) is -1.18. The molecule has 0 aliphatic heterocycles. The number of nitrogens with zero attached hydrogens (tertiary/aromatic N) is 2. The van der Waals surface area contributed by atoms with Crippen molar-refractivity contribution in [3.63, 3.8) is 0 Å². The van der Waals surface area contributed by atoms with Gasteiger partial charge in [0.25, 0.3) is 0 Å². The number of carboxylic acid groups (broad SMARTS) is 1. The Kier molecular flexibility index (Phi) is 4.55. The molecule has 0 bridgehead atoms. The quantitative estimate of drug-likeness (QED) is 0.776. The largest absolute Gasteiger partial charge is 0.478 e. The van der Waals surface area contributed by atoms with Gasteiger partial charge in [-0.15, -0.1) is 0 Å². The molecule has 0 saturated heterocycles. The van der Waals surface area contributed by atoms with Gasteiger partial charge in [0.1, 0.15) is 0 Å². The number of hydrogen-bond donors (Lipinski definition) is 2. The molecule has 0 saturated carbocycles. The van der Waals surface area contributed by atoms with Crippen molar-refractivity contribution in [2.75, 3.05) is 23.7 Å². The Balaban J connectivity index is 3.13. The predicted octanol–water partition coefficient (Wildman–Crippen LogP) is 1.95. The number of nitrogens with two attached hydrogens (primary N) is 1. The number of aromatic carboxylic acids is 1. The van der Waals surface area contributed by atoms with Gasteiger partial charge in [0, 0.05) is 18.8 Å². The van der Waals surface area contributed by atoms with Gasteiger partial charge in [0.05, 0.1) is 23.2 Å². The highest BCUT2D eigenvalue weighted by molar-refractivity contribution is 5.95. The van der Waals surface area contributed by atoms with E-state index in [0.717, 1.165) is 0 Å². The first-order chi connectivity index (χ1) is 8.49. The fourth-order valence-corrected chi connectivity index (χ4v) is 1.77. The van der Waals surface area contributed by atoms with Crippen molar-refractivity contribution < 1.29 is 9.90 Å². The summed E-state index contributed by atoms with van der Waals surface area (Å²) >= 11 is 0. The van der Waals surface area contributed by atoms with Gasteiger partial charge in [-0.1, -0.05) is 0 Å². The minimum atomic E-state index is -1.01. The maximum absolute atomic E-state index is 11.2. The summed E-state index contributed by atoms with van der Waals surface area (Å²) in [6.45, 7) is 4.86. The molecule has 1 aromatic carbocycles. The van der Waals surface area contributed by atoms with Crippen molar-refractivity contribution >= 4 is 17.3 Å². The second kappa shape index (κ2) is 5.92. The van der Waals surface area contributed by atoms with Gasteiger partial charge in [-0.3, -0.25) is 0 Å². The van der Waals surface area contributed by atoms with E-state index in [1.807, 2.05) is 11.8 Å². The van der Waals surface area contributed by atoms with E-state index in [9.17, 15) is 9.90 Å². The number of anilines is 2. The third-order valence-corrected chi connectivity index (χ3v) is 2.69. The van der Waals surface area contributed by atoms with Crippen molar-refractivity contribution in [1.82, 2.24) is 0 Å². The van der Waals surface area contributed by atoms with Crippen LogP contribution in [-0.4, -0.2) is 24.2 Å². The van der Waals surface area contributed by atoms with Gasteiger partial charge < -0.3 is 15.7 Å². The molecule has 1 unspecified atom stereocenters. The van der Waals surface area contributed by atoms with Crippen LogP contribution >= 0.6 is 0 Å².